The highest BCUT2D eigenvalue weighted by Gasteiger charge is 2.22. The topological polar surface area (TPSA) is 39.7 Å². The summed E-state index contributed by atoms with van der Waals surface area (Å²) in [5.74, 6) is 0.120. The van der Waals surface area contributed by atoms with E-state index in [2.05, 4.69) is 22.4 Å². The third-order valence-corrected chi connectivity index (χ3v) is 6.19. The predicted molar refractivity (Wildman–Crippen MR) is 119 cm³/mol. The van der Waals surface area contributed by atoms with Gasteiger partial charge in [0.1, 0.15) is 5.01 Å². The lowest BCUT2D eigenvalue weighted by atomic mass is 10.1. The van der Waals surface area contributed by atoms with Crippen LogP contribution in [0, 0.1) is 0 Å². The van der Waals surface area contributed by atoms with Gasteiger partial charge in [-0.2, -0.15) is 0 Å². The molecule has 29 heavy (non-hydrogen) atoms. The van der Waals surface area contributed by atoms with E-state index in [1.807, 2.05) is 66.4 Å². The summed E-state index contributed by atoms with van der Waals surface area (Å²) in [6.45, 7) is 4.09. The molecule has 0 unspecified atom stereocenters. The minimum Gasteiger partial charge on any atom is -0.378 e. The maximum absolute atomic E-state index is 12.8. The van der Waals surface area contributed by atoms with Crippen LogP contribution in [0.5, 0.6) is 0 Å². The minimum atomic E-state index is 0.120. The van der Waals surface area contributed by atoms with Crippen molar-refractivity contribution >= 4 is 22.9 Å². The zero-order valence-electron chi connectivity index (χ0n) is 16.9. The third-order valence-electron chi connectivity index (χ3n) is 5.25. The van der Waals surface area contributed by atoms with Gasteiger partial charge in [-0.25, -0.2) is 4.98 Å². The van der Waals surface area contributed by atoms with Gasteiger partial charge in [-0.3, -0.25) is 9.69 Å². The first kappa shape index (κ1) is 19.6. The van der Waals surface area contributed by atoms with Gasteiger partial charge in [0, 0.05) is 69.0 Å². The van der Waals surface area contributed by atoms with E-state index < -0.39 is 0 Å². The molecule has 0 atom stereocenters. The van der Waals surface area contributed by atoms with Crippen LogP contribution in [0.3, 0.4) is 0 Å². The lowest BCUT2D eigenvalue weighted by Crippen LogP contribution is -2.48. The van der Waals surface area contributed by atoms with Crippen LogP contribution in [0.1, 0.15) is 16.1 Å². The van der Waals surface area contributed by atoms with Crippen molar-refractivity contribution in [2.24, 2.45) is 0 Å². The van der Waals surface area contributed by atoms with Gasteiger partial charge < -0.3 is 9.80 Å². The summed E-state index contributed by atoms with van der Waals surface area (Å²) in [5.41, 5.74) is 4.13. The lowest BCUT2D eigenvalue weighted by Gasteiger charge is -2.34. The van der Waals surface area contributed by atoms with Crippen LogP contribution in [-0.2, 0) is 6.54 Å². The summed E-state index contributed by atoms with van der Waals surface area (Å²) in [4.78, 5) is 24.0. The molecule has 1 aliphatic heterocycles. The number of hydrogen-bond acceptors (Lipinski definition) is 5. The molecule has 5 nitrogen and oxygen atoms in total. The fourth-order valence-corrected chi connectivity index (χ4v) is 4.33. The predicted octanol–water partition coefficient (Wildman–Crippen LogP) is 3.83. The molecule has 1 aromatic heterocycles. The van der Waals surface area contributed by atoms with Gasteiger partial charge in [-0.15, -0.1) is 11.3 Å². The van der Waals surface area contributed by atoms with E-state index in [9.17, 15) is 4.79 Å². The van der Waals surface area contributed by atoms with Crippen molar-refractivity contribution in [1.82, 2.24) is 14.8 Å². The molecule has 4 rings (SSSR count). The summed E-state index contributed by atoms with van der Waals surface area (Å²) < 4.78 is 0. The molecular weight excluding hydrogens is 380 g/mol. The summed E-state index contributed by atoms with van der Waals surface area (Å²) in [6.07, 6.45) is 0. The number of amides is 1. The van der Waals surface area contributed by atoms with E-state index in [4.69, 9.17) is 4.98 Å². The van der Waals surface area contributed by atoms with Gasteiger partial charge in [-0.05, 0) is 24.3 Å². The first-order valence-corrected chi connectivity index (χ1v) is 10.8. The average Bonchev–Trinajstić information content (AvgIpc) is 3.23. The number of carbonyl (C=O) groups is 1. The number of nitrogens with zero attached hydrogens (tertiary/aromatic N) is 4. The van der Waals surface area contributed by atoms with Crippen LogP contribution in [0.15, 0.2) is 60.0 Å². The molecule has 2 heterocycles. The molecule has 1 amide bonds. The molecule has 1 fully saturated rings. The number of anilines is 1. The number of carbonyl (C=O) groups excluding carboxylic acids is 1. The third kappa shape index (κ3) is 4.66. The van der Waals surface area contributed by atoms with E-state index in [-0.39, 0.29) is 5.91 Å². The van der Waals surface area contributed by atoms with E-state index in [1.54, 1.807) is 11.3 Å². The Bertz CT molecular complexity index is 945. The normalized spacial score (nSPS) is 14.8. The first-order chi connectivity index (χ1) is 14.1. The zero-order chi connectivity index (χ0) is 20.2. The summed E-state index contributed by atoms with van der Waals surface area (Å²) in [7, 11) is 4.00. The van der Waals surface area contributed by atoms with Crippen LogP contribution in [0.2, 0.25) is 0 Å². The maximum Gasteiger partial charge on any atom is 0.253 e. The van der Waals surface area contributed by atoms with E-state index >= 15 is 0 Å². The Morgan fingerprint density at radius 1 is 1.00 bits per heavy atom. The lowest BCUT2D eigenvalue weighted by molar-refractivity contribution is 0.0627. The number of hydrogen-bond donors (Lipinski definition) is 0. The van der Waals surface area contributed by atoms with Crippen molar-refractivity contribution < 1.29 is 4.79 Å². The Morgan fingerprint density at radius 3 is 2.34 bits per heavy atom. The maximum atomic E-state index is 12.8. The quantitative estimate of drug-likeness (QED) is 0.646. The van der Waals surface area contributed by atoms with Gasteiger partial charge in [0.15, 0.2) is 0 Å². The first-order valence-electron chi connectivity index (χ1n) is 9.89. The monoisotopic (exact) mass is 406 g/mol. The molecule has 0 saturated carbocycles. The molecule has 0 spiro atoms. The molecule has 1 aliphatic rings. The van der Waals surface area contributed by atoms with Crippen molar-refractivity contribution in [3.63, 3.8) is 0 Å². The summed E-state index contributed by atoms with van der Waals surface area (Å²) in [6, 6.07) is 18.1. The molecule has 0 N–H and O–H groups in total. The molecule has 150 valence electrons. The molecule has 0 radical (unpaired) electrons. The molecule has 3 aromatic rings. The second-order valence-electron chi connectivity index (χ2n) is 7.52. The van der Waals surface area contributed by atoms with E-state index in [1.165, 1.54) is 5.56 Å². The highest BCUT2D eigenvalue weighted by Crippen LogP contribution is 2.24. The Balaban J connectivity index is 1.31. The van der Waals surface area contributed by atoms with Gasteiger partial charge in [0.25, 0.3) is 5.91 Å². The molecular formula is C23H26N4OS. The fourth-order valence-electron chi connectivity index (χ4n) is 3.52. The number of aromatic nitrogens is 1. The number of thiazole rings is 1. The average molecular weight is 407 g/mol. The standard InChI is InChI=1S/C23H26N4OS/c1-25(2)21-10-8-19(9-11-21)23(28)27-14-12-26(13-15-27)16-20-17-29-22(24-20)18-6-4-3-5-7-18/h3-11,17H,12-16H2,1-2H3. The number of piperazine rings is 1. The Kier molecular flexibility index (Phi) is 5.92. The molecule has 2 aromatic carbocycles. The highest BCUT2D eigenvalue weighted by molar-refractivity contribution is 7.13. The second-order valence-corrected chi connectivity index (χ2v) is 8.38. The highest BCUT2D eigenvalue weighted by atomic mass is 32.1. The molecule has 0 aliphatic carbocycles. The van der Waals surface area contributed by atoms with Gasteiger partial charge in [0.05, 0.1) is 5.69 Å². The molecule has 0 bridgehead atoms. The smallest absolute Gasteiger partial charge is 0.253 e. The Labute approximate surface area is 176 Å². The van der Waals surface area contributed by atoms with Gasteiger partial charge in [-0.1, -0.05) is 30.3 Å². The van der Waals surface area contributed by atoms with Crippen LogP contribution in [0.25, 0.3) is 10.6 Å². The van der Waals surface area contributed by atoms with Crippen molar-refractivity contribution in [2.45, 2.75) is 6.54 Å². The van der Waals surface area contributed by atoms with Crippen LogP contribution < -0.4 is 4.90 Å². The van der Waals surface area contributed by atoms with Crippen molar-refractivity contribution in [2.75, 3.05) is 45.2 Å². The fraction of sp³-hybridized carbons (Fsp3) is 0.304. The number of rotatable bonds is 5. The molecule has 6 heteroatoms. The molecule has 1 saturated heterocycles. The van der Waals surface area contributed by atoms with E-state index in [0.717, 1.165) is 54.7 Å². The zero-order valence-corrected chi connectivity index (χ0v) is 17.7. The van der Waals surface area contributed by atoms with Gasteiger partial charge in [0.2, 0.25) is 0 Å². The van der Waals surface area contributed by atoms with Crippen LogP contribution >= 0.6 is 11.3 Å². The van der Waals surface area contributed by atoms with Crippen molar-refractivity contribution in [1.29, 1.82) is 0 Å². The Morgan fingerprint density at radius 2 is 1.69 bits per heavy atom. The SMILES string of the molecule is CN(C)c1ccc(C(=O)N2CCN(Cc3csc(-c4ccccc4)n3)CC2)cc1. The van der Waals surface area contributed by atoms with Crippen molar-refractivity contribution in [3.05, 3.63) is 71.2 Å². The summed E-state index contributed by atoms with van der Waals surface area (Å²) >= 11 is 1.69. The summed E-state index contributed by atoms with van der Waals surface area (Å²) in [5, 5.41) is 3.21. The van der Waals surface area contributed by atoms with Crippen LogP contribution in [-0.4, -0.2) is 61.0 Å². The minimum absolute atomic E-state index is 0.120. The second kappa shape index (κ2) is 8.76. The number of benzene rings is 2. The van der Waals surface area contributed by atoms with Gasteiger partial charge >= 0.3 is 0 Å². The Hall–Kier alpha value is -2.70. The van der Waals surface area contributed by atoms with Crippen LogP contribution in [0.4, 0.5) is 5.69 Å². The van der Waals surface area contributed by atoms with E-state index in [0.29, 0.717) is 0 Å². The largest absolute Gasteiger partial charge is 0.378 e. The van der Waals surface area contributed by atoms with Crippen molar-refractivity contribution in [3.8, 4) is 10.6 Å².